The van der Waals surface area contributed by atoms with E-state index in [0.29, 0.717) is 17.5 Å². The molecule has 238 valence electrons. The molecule has 0 saturated heterocycles. The molecule has 0 spiro atoms. The first-order chi connectivity index (χ1) is 25.3. The Balaban J connectivity index is 1.19. The van der Waals surface area contributed by atoms with Crippen LogP contribution in [0.4, 0.5) is 0 Å². The summed E-state index contributed by atoms with van der Waals surface area (Å²) in [4.78, 5) is 15.5. The van der Waals surface area contributed by atoms with Crippen LogP contribution in [0, 0.1) is 0 Å². The minimum atomic E-state index is 0.628. The van der Waals surface area contributed by atoms with E-state index < -0.39 is 0 Å². The van der Waals surface area contributed by atoms with Crippen molar-refractivity contribution < 1.29 is 4.42 Å². The summed E-state index contributed by atoms with van der Waals surface area (Å²) in [6.45, 7) is 0. The standard InChI is InChI=1S/C47H29N3O/c1-2-12-30(13-3-1)33-16-8-17-34(28-33)45-48-46(35-27-26-31-14-4-5-15-32(31)29-35)50-47(49-45)40-23-10-19-36-37(20-9-21-38(36)40)39-22-11-25-43-44(39)41-18-6-7-24-42(41)51-43/h1-29H. The molecule has 0 amide bonds. The molecule has 0 saturated carbocycles. The minimum Gasteiger partial charge on any atom is -0.456 e. The SMILES string of the molecule is c1ccc(-c2cccc(-c3nc(-c4ccc5ccccc5c4)nc(-c4cccc5c(-c6cccc7oc8ccccc8c67)cccc45)n3)c2)cc1. The number of hydrogen-bond acceptors (Lipinski definition) is 4. The molecule has 51 heavy (non-hydrogen) atoms. The highest BCUT2D eigenvalue weighted by Gasteiger charge is 2.18. The molecule has 0 aliphatic carbocycles. The van der Waals surface area contributed by atoms with E-state index in [0.717, 1.165) is 77.0 Å². The van der Waals surface area contributed by atoms with Crippen molar-refractivity contribution in [1.82, 2.24) is 15.0 Å². The molecule has 0 aliphatic rings. The van der Waals surface area contributed by atoms with Crippen molar-refractivity contribution in [3.05, 3.63) is 176 Å². The van der Waals surface area contributed by atoms with Gasteiger partial charge in [0.2, 0.25) is 0 Å². The van der Waals surface area contributed by atoms with Gasteiger partial charge in [-0.25, -0.2) is 15.0 Å². The highest BCUT2D eigenvalue weighted by Crippen LogP contribution is 2.41. The van der Waals surface area contributed by atoms with Gasteiger partial charge in [-0.15, -0.1) is 0 Å². The number of furan rings is 1. The third kappa shape index (κ3) is 5.04. The fraction of sp³-hybridized carbons (Fsp3) is 0. The van der Waals surface area contributed by atoms with E-state index >= 15 is 0 Å². The van der Waals surface area contributed by atoms with Crippen LogP contribution in [0.3, 0.4) is 0 Å². The Kier molecular flexibility index (Phi) is 6.78. The van der Waals surface area contributed by atoms with Gasteiger partial charge in [0.25, 0.3) is 0 Å². The monoisotopic (exact) mass is 651 g/mol. The van der Waals surface area contributed by atoms with E-state index in [1.54, 1.807) is 0 Å². The third-order valence-electron chi connectivity index (χ3n) is 9.73. The number of para-hydroxylation sites is 1. The average Bonchev–Trinajstić information content (AvgIpc) is 3.59. The number of rotatable bonds is 5. The Morgan fingerprint density at radius 1 is 0.314 bits per heavy atom. The Labute approximate surface area is 294 Å². The molecular formula is C47H29N3O. The smallest absolute Gasteiger partial charge is 0.164 e. The quantitative estimate of drug-likeness (QED) is 0.186. The van der Waals surface area contributed by atoms with Gasteiger partial charge in [0.1, 0.15) is 11.2 Å². The maximum atomic E-state index is 6.27. The molecule has 0 fully saturated rings. The number of benzene rings is 8. The lowest BCUT2D eigenvalue weighted by Gasteiger charge is -2.13. The average molecular weight is 652 g/mol. The summed E-state index contributed by atoms with van der Waals surface area (Å²) in [6.07, 6.45) is 0. The summed E-state index contributed by atoms with van der Waals surface area (Å²) < 4.78 is 6.27. The number of hydrogen-bond donors (Lipinski definition) is 0. The van der Waals surface area contributed by atoms with E-state index in [1.165, 1.54) is 5.39 Å². The fourth-order valence-electron chi connectivity index (χ4n) is 7.29. The molecule has 0 unspecified atom stereocenters. The maximum Gasteiger partial charge on any atom is 0.164 e. The second-order valence-electron chi connectivity index (χ2n) is 12.8. The highest BCUT2D eigenvalue weighted by molar-refractivity contribution is 6.16. The second-order valence-corrected chi connectivity index (χ2v) is 12.8. The second kappa shape index (κ2) is 11.9. The van der Waals surface area contributed by atoms with Crippen LogP contribution in [0.2, 0.25) is 0 Å². The first kappa shape index (κ1) is 29.0. The zero-order chi connectivity index (χ0) is 33.7. The lowest BCUT2D eigenvalue weighted by atomic mass is 9.93. The van der Waals surface area contributed by atoms with Crippen LogP contribution in [-0.4, -0.2) is 15.0 Å². The van der Waals surface area contributed by atoms with Crippen molar-refractivity contribution in [3.63, 3.8) is 0 Å². The summed E-state index contributed by atoms with van der Waals surface area (Å²) in [5, 5.41) is 6.72. The summed E-state index contributed by atoms with van der Waals surface area (Å²) in [6, 6.07) is 61.0. The van der Waals surface area contributed by atoms with Gasteiger partial charge in [0.05, 0.1) is 0 Å². The van der Waals surface area contributed by atoms with Crippen LogP contribution in [0.25, 0.3) is 99.9 Å². The molecule has 0 atom stereocenters. The molecule has 2 aromatic heterocycles. The molecule has 4 heteroatoms. The van der Waals surface area contributed by atoms with Crippen molar-refractivity contribution in [1.29, 1.82) is 0 Å². The number of aromatic nitrogens is 3. The molecule has 8 aromatic carbocycles. The molecule has 0 aliphatic heterocycles. The van der Waals surface area contributed by atoms with Crippen LogP contribution < -0.4 is 0 Å². The van der Waals surface area contributed by atoms with Crippen molar-refractivity contribution in [2.45, 2.75) is 0 Å². The highest BCUT2D eigenvalue weighted by atomic mass is 16.3. The molecule has 0 N–H and O–H groups in total. The molecule has 0 bridgehead atoms. The predicted octanol–water partition coefficient (Wildman–Crippen LogP) is 12.4. The van der Waals surface area contributed by atoms with E-state index in [2.05, 4.69) is 152 Å². The van der Waals surface area contributed by atoms with Crippen molar-refractivity contribution in [2.24, 2.45) is 0 Å². The lowest BCUT2D eigenvalue weighted by molar-refractivity contribution is 0.669. The van der Waals surface area contributed by atoms with E-state index in [1.807, 2.05) is 24.3 Å². The Hall–Kier alpha value is -6.91. The van der Waals surface area contributed by atoms with Crippen LogP contribution >= 0.6 is 0 Å². The molecule has 0 radical (unpaired) electrons. The van der Waals surface area contributed by atoms with Crippen LogP contribution in [0.15, 0.2) is 180 Å². The van der Waals surface area contributed by atoms with Gasteiger partial charge in [-0.1, -0.05) is 152 Å². The van der Waals surface area contributed by atoms with Crippen molar-refractivity contribution in [2.75, 3.05) is 0 Å². The van der Waals surface area contributed by atoms with Gasteiger partial charge in [0.15, 0.2) is 17.5 Å². The van der Waals surface area contributed by atoms with Crippen molar-refractivity contribution in [3.8, 4) is 56.4 Å². The predicted molar refractivity (Wildman–Crippen MR) is 209 cm³/mol. The first-order valence-electron chi connectivity index (χ1n) is 17.1. The Bertz CT molecular complexity index is 2930. The molecule has 4 nitrogen and oxygen atoms in total. The third-order valence-corrected chi connectivity index (χ3v) is 9.73. The van der Waals surface area contributed by atoms with Crippen LogP contribution in [0.1, 0.15) is 0 Å². The largest absolute Gasteiger partial charge is 0.456 e. The van der Waals surface area contributed by atoms with Gasteiger partial charge in [-0.2, -0.15) is 0 Å². The summed E-state index contributed by atoms with van der Waals surface area (Å²) in [5.74, 6) is 1.89. The summed E-state index contributed by atoms with van der Waals surface area (Å²) >= 11 is 0. The first-order valence-corrected chi connectivity index (χ1v) is 17.1. The summed E-state index contributed by atoms with van der Waals surface area (Å²) in [7, 11) is 0. The Morgan fingerprint density at radius 3 is 1.75 bits per heavy atom. The fourth-order valence-corrected chi connectivity index (χ4v) is 7.29. The maximum absolute atomic E-state index is 6.27. The molecule has 10 aromatic rings. The number of nitrogens with zero attached hydrogens (tertiary/aromatic N) is 3. The lowest BCUT2D eigenvalue weighted by Crippen LogP contribution is -2.01. The van der Waals surface area contributed by atoms with E-state index in [4.69, 9.17) is 19.4 Å². The van der Waals surface area contributed by atoms with Gasteiger partial charge in [0, 0.05) is 27.5 Å². The molecule has 10 rings (SSSR count). The van der Waals surface area contributed by atoms with E-state index in [9.17, 15) is 0 Å². The Morgan fingerprint density at radius 2 is 0.882 bits per heavy atom. The summed E-state index contributed by atoms with van der Waals surface area (Å²) in [5.41, 5.74) is 9.10. The normalized spacial score (nSPS) is 11.5. The minimum absolute atomic E-state index is 0.628. The topological polar surface area (TPSA) is 51.8 Å². The van der Waals surface area contributed by atoms with Gasteiger partial charge in [-0.05, 0) is 68.1 Å². The van der Waals surface area contributed by atoms with Gasteiger partial charge >= 0.3 is 0 Å². The zero-order valence-electron chi connectivity index (χ0n) is 27.5. The van der Waals surface area contributed by atoms with Gasteiger partial charge < -0.3 is 4.42 Å². The van der Waals surface area contributed by atoms with Crippen LogP contribution in [0.5, 0.6) is 0 Å². The molecule has 2 heterocycles. The molecular weight excluding hydrogens is 623 g/mol. The van der Waals surface area contributed by atoms with Crippen LogP contribution in [-0.2, 0) is 0 Å². The zero-order valence-corrected chi connectivity index (χ0v) is 27.5. The van der Waals surface area contributed by atoms with E-state index in [-0.39, 0.29) is 0 Å². The van der Waals surface area contributed by atoms with Gasteiger partial charge in [-0.3, -0.25) is 0 Å². The number of fused-ring (bicyclic) bond motifs is 5. The van der Waals surface area contributed by atoms with Crippen molar-refractivity contribution >= 4 is 43.5 Å².